The van der Waals surface area contributed by atoms with Crippen molar-refractivity contribution in [1.29, 1.82) is 0 Å². The number of likely N-dealkylation sites (tertiary alicyclic amines) is 1. The smallest absolute Gasteiger partial charge is 0.304 e. The van der Waals surface area contributed by atoms with Crippen molar-refractivity contribution in [2.45, 2.75) is 55.5 Å². The first-order valence-corrected chi connectivity index (χ1v) is 16.3. The number of rotatable bonds is 9. The Labute approximate surface area is 259 Å². The van der Waals surface area contributed by atoms with Crippen molar-refractivity contribution in [3.63, 3.8) is 0 Å². The zero-order valence-corrected chi connectivity index (χ0v) is 25.7. The van der Waals surface area contributed by atoms with Gasteiger partial charge < -0.3 is 10.0 Å². The van der Waals surface area contributed by atoms with Gasteiger partial charge >= 0.3 is 5.97 Å². The van der Waals surface area contributed by atoms with Crippen molar-refractivity contribution in [2.75, 3.05) is 5.75 Å². The fourth-order valence-electron chi connectivity index (χ4n) is 6.21. The van der Waals surface area contributed by atoms with Crippen LogP contribution in [0.3, 0.4) is 0 Å². The van der Waals surface area contributed by atoms with Gasteiger partial charge in [0.1, 0.15) is 5.82 Å². The van der Waals surface area contributed by atoms with Crippen LogP contribution in [0, 0.1) is 17.2 Å². The molecule has 5 rings (SSSR count). The molecule has 1 saturated carbocycles. The monoisotopic (exact) mass is 651 g/mol. The Balaban J connectivity index is 1.69. The normalized spacial score (nSPS) is 23.5. The fraction of sp³-hybridized carbons (Fsp3) is 0.355. The molecule has 42 heavy (non-hydrogen) atoms. The minimum Gasteiger partial charge on any atom is -0.481 e. The first kappa shape index (κ1) is 30.8. The summed E-state index contributed by atoms with van der Waals surface area (Å²) in [6, 6.07) is 15.9. The molecule has 1 heterocycles. The molecule has 11 heteroatoms. The lowest BCUT2D eigenvalue weighted by Gasteiger charge is -2.52. The van der Waals surface area contributed by atoms with E-state index >= 15 is 0 Å². The van der Waals surface area contributed by atoms with E-state index in [1.165, 1.54) is 0 Å². The Kier molecular flexibility index (Phi) is 8.65. The summed E-state index contributed by atoms with van der Waals surface area (Å²) in [6.45, 7) is 1.63. The Morgan fingerprint density at radius 2 is 1.71 bits per heavy atom. The Morgan fingerprint density at radius 1 is 1.02 bits per heavy atom. The van der Waals surface area contributed by atoms with Gasteiger partial charge in [-0.3, -0.25) is 9.59 Å². The van der Waals surface area contributed by atoms with Gasteiger partial charge in [0.15, 0.2) is 9.84 Å². The highest BCUT2D eigenvalue weighted by Crippen LogP contribution is 2.54. The third-order valence-corrected chi connectivity index (χ3v) is 11.0. The Bertz CT molecular complexity index is 1630. The van der Waals surface area contributed by atoms with Crippen LogP contribution >= 0.6 is 34.8 Å². The van der Waals surface area contributed by atoms with Crippen molar-refractivity contribution < 1.29 is 27.5 Å². The van der Waals surface area contributed by atoms with E-state index in [2.05, 4.69) is 0 Å². The zero-order chi connectivity index (χ0) is 30.4. The number of amides is 1. The van der Waals surface area contributed by atoms with Gasteiger partial charge in [0.05, 0.1) is 33.5 Å². The van der Waals surface area contributed by atoms with Crippen LogP contribution in [0.2, 0.25) is 15.1 Å². The summed E-state index contributed by atoms with van der Waals surface area (Å²) in [5.74, 6) is -3.23. The van der Waals surface area contributed by atoms with Crippen molar-refractivity contribution in [2.24, 2.45) is 11.3 Å². The van der Waals surface area contributed by atoms with Gasteiger partial charge in [0, 0.05) is 22.0 Å². The molecule has 0 spiro atoms. The number of hydrogen-bond acceptors (Lipinski definition) is 4. The van der Waals surface area contributed by atoms with Crippen LogP contribution in [0.1, 0.15) is 55.7 Å². The first-order chi connectivity index (χ1) is 19.8. The molecule has 1 aliphatic heterocycles. The van der Waals surface area contributed by atoms with Crippen LogP contribution in [0.5, 0.6) is 0 Å². The van der Waals surface area contributed by atoms with E-state index in [1.807, 2.05) is 6.07 Å². The van der Waals surface area contributed by atoms with Crippen LogP contribution in [-0.4, -0.2) is 42.1 Å². The predicted octanol–water partition coefficient (Wildman–Crippen LogP) is 7.58. The van der Waals surface area contributed by atoms with Crippen LogP contribution in [0.25, 0.3) is 0 Å². The van der Waals surface area contributed by atoms with Gasteiger partial charge in [-0.2, -0.15) is 0 Å². The SMILES string of the molecule is C[C@]1(CC(=O)O)C[C@H](c2cccc(Cl)c2)[C@@H](c2ccc(Cl)cc2)N([C@H](CS(=O)(=O)c2ccc(F)cc2Cl)C2CC2)C1=O. The molecule has 3 aromatic rings. The molecule has 0 bridgehead atoms. The number of carbonyl (C=O) groups is 2. The summed E-state index contributed by atoms with van der Waals surface area (Å²) in [5, 5.41) is 10.6. The molecule has 6 nitrogen and oxygen atoms in total. The highest BCUT2D eigenvalue weighted by atomic mass is 35.5. The zero-order valence-electron chi connectivity index (χ0n) is 22.6. The molecule has 0 aromatic heterocycles. The quantitative estimate of drug-likeness (QED) is 0.241. The number of carboxylic acids is 1. The standard InChI is InChI=1S/C31H29Cl3FNO5S/c1-31(16-28(37)38)15-24(20-3-2-4-22(33)13-20)29(19-7-9-21(32)10-8-19)36(30(31)39)26(18-5-6-18)17-42(40,41)27-12-11-23(35)14-25(27)34/h2-4,7-14,18,24,26,29H,5-6,15-17H2,1H3,(H,37,38)/t24-,26-,29-,31-/m1/s1. The summed E-state index contributed by atoms with van der Waals surface area (Å²) in [5.41, 5.74) is 0.208. The van der Waals surface area contributed by atoms with Gasteiger partial charge in [0.2, 0.25) is 5.91 Å². The minimum absolute atomic E-state index is 0.134. The molecule has 0 unspecified atom stereocenters. The van der Waals surface area contributed by atoms with Gasteiger partial charge in [0.25, 0.3) is 0 Å². The summed E-state index contributed by atoms with van der Waals surface area (Å²) in [6.07, 6.45) is 1.18. The molecule has 222 valence electrons. The molecule has 0 radical (unpaired) electrons. The minimum atomic E-state index is -4.10. The molecular formula is C31H29Cl3FNO5S. The van der Waals surface area contributed by atoms with Crippen LogP contribution in [-0.2, 0) is 19.4 Å². The number of halogens is 4. The lowest BCUT2D eigenvalue weighted by Crippen LogP contribution is -2.58. The highest BCUT2D eigenvalue weighted by Gasteiger charge is 2.55. The number of nitrogens with zero attached hydrogens (tertiary/aromatic N) is 1. The van der Waals surface area contributed by atoms with Gasteiger partial charge in [-0.1, -0.05) is 66.0 Å². The molecular weight excluding hydrogens is 624 g/mol. The van der Waals surface area contributed by atoms with Crippen LogP contribution < -0.4 is 0 Å². The average Bonchev–Trinajstić information content (AvgIpc) is 3.74. The van der Waals surface area contributed by atoms with Crippen molar-refractivity contribution in [1.82, 2.24) is 4.90 Å². The van der Waals surface area contributed by atoms with Crippen molar-refractivity contribution in [3.8, 4) is 0 Å². The van der Waals surface area contributed by atoms with E-state index in [0.717, 1.165) is 29.3 Å². The van der Waals surface area contributed by atoms with Gasteiger partial charge in [-0.15, -0.1) is 0 Å². The number of aliphatic carboxylic acids is 1. The second-order valence-corrected chi connectivity index (χ2v) is 14.7. The van der Waals surface area contributed by atoms with E-state index in [1.54, 1.807) is 54.3 Å². The molecule has 1 amide bonds. The third kappa shape index (κ3) is 6.32. The van der Waals surface area contributed by atoms with E-state index in [-0.39, 0.29) is 22.3 Å². The topological polar surface area (TPSA) is 91.8 Å². The van der Waals surface area contributed by atoms with Crippen LogP contribution in [0.4, 0.5) is 4.39 Å². The maximum Gasteiger partial charge on any atom is 0.304 e. The largest absolute Gasteiger partial charge is 0.481 e. The first-order valence-electron chi connectivity index (χ1n) is 13.5. The van der Waals surface area contributed by atoms with E-state index in [4.69, 9.17) is 34.8 Å². The van der Waals surface area contributed by atoms with Gasteiger partial charge in [-0.25, -0.2) is 12.8 Å². The predicted molar refractivity (Wildman–Crippen MR) is 160 cm³/mol. The number of sulfone groups is 1. The van der Waals surface area contributed by atoms with Gasteiger partial charge in [-0.05, 0) is 78.8 Å². The van der Waals surface area contributed by atoms with Crippen LogP contribution in [0.15, 0.2) is 71.6 Å². The summed E-state index contributed by atoms with van der Waals surface area (Å²) in [4.78, 5) is 28.0. The van der Waals surface area contributed by atoms with E-state index in [0.29, 0.717) is 22.9 Å². The number of piperidine rings is 1. The number of carbonyl (C=O) groups excluding carboxylic acids is 1. The molecule has 4 atom stereocenters. The Hall–Kier alpha value is -2.65. The highest BCUT2D eigenvalue weighted by molar-refractivity contribution is 7.91. The summed E-state index contributed by atoms with van der Waals surface area (Å²) >= 11 is 18.8. The summed E-state index contributed by atoms with van der Waals surface area (Å²) < 4.78 is 41.4. The van der Waals surface area contributed by atoms with E-state index < -0.39 is 63.1 Å². The molecule has 1 saturated heterocycles. The molecule has 2 aliphatic rings. The van der Waals surface area contributed by atoms with Crippen molar-refractivity contribution in [3.05, 3.63) is 98.7 Å². The number of hydrogen-bond donors (Lipinski definition) is 1. The lowest BCUT2D eigenvalue weighted by atomic mass is 9.67. The molecule has 1 aliphatic carbocycles. The fourth-order valence-corrected chi connectivity index (χ4v) is 8.75. The maximum atomic E-state index is 14.5. The second-order valence-electron chi connectivity index (χ2n) is 11.5. The molecule has 2 fully saturated rings. The number of benzene rings is 3. The number of carboxylic acid groups (broad SMARTS) is 1. The molecule has 1 N–H and O–H groups in total. The Morgan fingerprint density at radius 3 is 2.31 bits per heavy atom. The average molecular weight is 653 g/mol. The summed E-state index contributed by atoms with van der Waals surface area (Å²) in [7, 11) is -4.10. The molecule has 3 aromatic carbocycles. The maximum absolute atomic E-state index is 14.5. The third-order valence-electron chi connectivity index (χ3n) is 8.27. The van der Waals surface area contributed by atoms with E-state index in [9.17, 15) is 27.5 Å². The lowest BCUT2D eigenvalue weighted by molar-refractivity contribution is -0.160. The second kappa shape index (κ2) is 11.8. The van der Waals surface area contributed by atoms with Crippen molar-refractivity contribution >= 4 is 56.5 Å².